The van der Waals surface area contributed by atoms with E-state index in [4.69, 9.17) is 9.15 Å². The Bertz CT molecular complexity index is 1160. The fourth-order valence-corrected chi connectivity index (χ4v) is 5.08. The van der Waals surface area contributed by atoms with Crippen molar-refractivity contribution in [3.05, 3.63) is 64.5 Å². The highest BCUT2D eigenvalue weighted by molar-refractivity contribution is 9.10. The molecule has 0 atom stereocenters. The number of esters is 1. The molecule has 2 aromatic carbocycles. The Morgan fingerprint density at radius 3 is 2.47 bits per heavy atom. The van der Waals surface area contributed by atoms with Crippen LogP contribution in [0.2, 0.25) is 0 Å². The van der Waals surface area contributed by atoms with Gasteiger partial charge in [0.25, 0.3) is 5.89 Å². The molecule has 0 aliphatic carbocycles. The number of rotatable bonds is 6. The number of ether oxygens (including phenoxy) is 1. The smallest absolute Gasteiger partial charge is 0.338 e. The van der Waals surface area contributed by atoms with E-state index in [9.17, 15) is 13.2 Å². The molecule has 4 rings (SSSR count). The Balaban J connectivity index is 1.39. The number of carbonyl (C=O) groups excluding carboxylic acids is 1. The van der Waals surface area contributed by atoms with E-state index in [1.165, 1.54) is 28.6 Å². The summed E-state index contributed by atoms with van der Waals surface area (Å²) < 4.78 is 38.1. The van der Waals surface area contributed by atoms with Crippen molar-refractivity contribution in [3.63, 3.8) is 0 Å². The predicted molar refractivity (Wildman–Crippen MR) is 111 cm³/mol. The molecular weight excluding hydrogens is 474 g/mol. The highest BCUT2D eigenvalue weighted by Gasteiger charge is 2.27. The highest BCUT2D eigenvalue weighted by atomic mass is 79.9. The lowest BCUT2D eigenvalue weighted by molar-refractivity contribution is 0.0438. The molecule has 0 unspecified atom stereocenters. The van der Waals surface area contributed by atoms with Crippen LogP contribution in [0.25, 0.3) is 11.5 Å². The number of halogens is 1. The molecule has 0 radical (unpaired) electrons. The molecule has 2 heterocycles. The molecule has 1 aliphatic rings. The molecule has 8 nitrogen and oxygen atoms in total. The molecule has 10 heteroatoms. The standard InChI is InChI=1S/C20H18BrN3O5S/c21-17-6-2-1-5-16(17)19-23-22-18(29-19)13-28-20(25)14-7-9-15(10-8-14)30(26,27)24-11-3-4-12-24/h1-2,5-10H,3-4,11-13H2. The molecule has 1 saturated heterocycles. The van der Waals surface area contributed by atoms with E-state index in [1.807, 2.05) is 24.3 Å². The van der Waals surface area contributed by atoms with Crippen LogP contribution in [-0.4, -0.2) is 42.0 Å². The van der Waals surface area contributed by atoms with Gasteiger partial charge in [-0.1, -0.05) is 12.1 Å². The van der Waals surface area contributed by atoms with Gasteiger partial charge in [-0.15, -0.1) is 10.2 Å². The van der Waals surface area contributed by atoms with E-state index in [-0.39, 0.29) is 23.0 Å². The van der Waals surface area contributed by atoms with Crippen molar-refractivity contribution in [2.45, 2.75) is 24.3 Å². The SMILES string of the molecule is O=C(OCc1nnc(-c2ccccc2Br)o1)c1ccc(S(=O)(=O)N2CCCC2)cc1. The summed E-state index contributed by atoms with van der Waals surface area (Å²) in [6.45, 7) is 0.861. The number of aromatic nitrogens is 2. The first-order valence-corrected chi connectivity index (χ1v) is 11.5. The first-order chi connectivity index (χ1) is 14.4. The minimum absolute atomic E-state index is 0.155. The van der Waals surface area contributed by atoms with Crippen LogP contribution in [0.3, 0.4) is 0 Å². The zero-order valence-corrected chi connectivity index (χ0v) is 18.2. The third-order valence-corrected chi connectivity index (χ3v) is 7.30. The van der Waals surface area contributed by atoms with Crippen LogP contribution in [0.4, 0.5) is 0 Å². The van der Waals surface area contributed by atoms with Crippen LogP contribution in [0, 0.1) is 0 Å². The van der Waals surface area contributed by atoms with E-state index >= 15 is 0 Å². The zero-order chi connectivity index (χ0) is 21.1. The first kappa shape index (κ1) is 20.7. The largest absolute Gasteiger partial charge is 0.452 e. The van der Waals surface area contributed by atoms with Crippen LogP contribution in [0.15, 0.2) is 62.3 Å². The van der Waals surface area contributed by atoms with Gasteiger partial charge in [-0.2, -0.15) is 4.31 Å². The quantitative estimate of drug-likeness (QED) is 0.484. The monoisotopic (exact) mass is 491 g/mol. The van der Waals surface area contributed by atoms with Gasteiger partial charge in [-0.25, -0.2) is 13.2 Å². The summed E-state index contributed by atoms with van der Waals surface area (Å²) in [6.07, 6.45) is 1.73. The highest BCUT2D eigenvalue weighted by Crippen LogP contribution is 2.27. The average Bonchev–Trinajstić information content (AvgIpc) is 3.45. The zero-order valence-electron chi connectivity index (χ0n) is 15.8. The predicted octanol–water partition coefficient (Wildman–Crippen LogP) is 3.64. The molecule has 156 valence electrons. The maximum absolute atomic E-state index is 12.5. The van der Waals surface area contributed by atoms with Gasteiger partial charge in [0, 0.05) is 17.6 Å². The van der Waals surface area contributed by atoms with Crippen LogP contribution < -0.4 is 0 Å². The van der Waals surface area contributed by atoms with E-state index in [2.05, 4.69) is 26.1 Å². The second-order valence-electron chi connectivity index (χ2n) is 6.69. The minimum atomic E-state index is -3.52. The fourth-order valence-electron chi connectivity index (χ4n) is 3.11. The van der Waals surface area contributed by atoms with Gasteiger partial charge >= 0.3 is 5.97 Å². The van der Waals surface area contributed by atoms with Crippen molar-refractivity contribution >= 4 is 31.9 Å². The summed E-state index contributed by atoms with van der Waals surface area (Å²) >= 11 is 3.42. The van der Waals surface area contributed by atoms with Crippen LogP contribution in [0.5, 0.6) is 0 Å². The summed E-state index contributed by atoms with van der Waals surface area (Å²) in [4.78, 5) is 12.4. The summed E-state index contributed by atoms with van der Waals surface area (Å²) in [6, 6.07) is 13.1. The number of hydrogen-bond acceptors (Lipinski definition) is 7. The van der Waals surface area contributed by atoms with Crippen molar-refractivity contribution < 1.29 is 22.4 Å². The molecule has 3 aromatic rings. The van der Waals surface area contributed by atoms with Crippen LogP contribution in [-0.2, 0) is 21.4 Å². The van der Waals surface area contributed by atoms with Crippen LogP contribution in [0.1, 0.15) is 29.1 Å². The van der Waals surface area contributed by atoms with Gasteiger partial charge in [0.1, 0.15) is 0 Å². The number of benzene rings is 2. The first-order valence-electron chi connectivity index (χ1n) is 9.30. The van der Waals surface area contributed by atoms with E-state index in [1.54, 1.807) is 0 Å². The summed E-state index contributed by atoms with van der Waals surface area (Å²) in [7, 11) is -3.52. The summed E-state index contributed by atoms with van der Waals surface area (Å²) in [5.74, 6) is -0.145. The normalized spacial score (nSPS) is 14.7. The van der Waals surface area contributed by atoms with E-state index in [0.717, 1.165) is 22.9 Å². The Hall–Kier alpha value is -2.56. The Labute approximate surface area is 182 Å². The third kappa shape index (κ3) is 4.30. The summed E-state index contributed by atoms with van der Waals surface area (Å²) in [5, 5.41) is 7.86. The number of nitrogens with zero attached hydrogens (tertiary/aromatic N) is 3. The summed E-state index contributed by atoms with van der Waals surface area (Å²) in [5.41, 5.74) is 0.971. The lowest BCUT2D eigenvalue weighted by atomic mass is 10.2. The molecule has 1 aliphatic heterocycles. The van der Waals surface area contributed by atoms with Gasteiger partial charge in [-0.3, -0.25) is 0 Å². The molecule has 1 fully saturated rings. The van der Waals surface area contributed by atoms with Crippen molar-refractivity contribution in [1.29, 1.82) is 0 Å². The average molecular weight is 492 g/mol. The van der Waals surface area contributed by atoms with Crippen molar-refractivity contribution in [2.75, 3.05) is 13.1 Å². The number of sulfonamides is 1. The van der Waals surface area contributed by atoms with Gasteiger partial charge in [0.15, 0.2) is 6.61 Å². The van der Waals surface area contributed by atoms with Crippen molar-refractivity contribution in [2.24, 2.45) is 0 Å². The Morgan fingerprint density at radius 1 is 1.07 bits per heavy atom. The molecule has 1 aromatic heterocycles. The Morgan fingerprint density at radius 2 is 1.77 bits per heavy atom. The van der Waals surface area contributed by atoms with Crippen LogP contribution >= 0.6 is 15.9 Å². The lowest BCUT2D eigenvalue weighted by Gasteiger charge is -2.15. The molecule has 0 spiro atoms. The minimum Gasteiger partial charge on any atom is -0.452 e. The maximum Gasteiger partial charge on any atom is 0.338 e. The molecule has 0 saturated carbocycles. The molecule has 0 N–H and O–H groups in total. The fraction of sp³-hybridized carbons (Fsp3) is 0.250. The Kier molecular flexibility index (Phi) is 5.98. The van der Waals surface area contributed by atoms with Gasteiger partial charge in [0.2, 0.25) is 15.9 Å². The third-order valence-electron chi connectivity index (χ3n) is 4.69. The van der Waals surface area contributed by atoms with Gasteiger partial charge in [-0.05, 0) is 65.2 Å². The molecule has 0 bridgehead atoms. The van der Waals surface area contributed by atoms with Crippen molar-refractivity contribution in [3.8, 4) is 11.5 Å². The maximum atomic E-state index is 12.5. The van der Waals surface area contributed by atoms with Gasteiger partial charge in [0.05, 0.1) is 16.0 Å². The second-order valence-corrected chi connectivity index (χ2v) is 9.48. The van der Waals surface area contributed by atoms with Crippen molar-refractivity contribution in [1.82, 2.24) is 14.5 Å². The van der Waals surface area contributed by atoms with E-state index in [0.29, 0.717) is 19.0 Å². The number of carbonyl (C=O) groups is 1. The molecule has 30 heavy (non-hydrogen) atoms. The van der Waals surface area contributed by atoms with E-state index < -0.39 is 16.0 Å². The molecule has 0 amide bonds. The molecular formula is C20H18BrN3O5S. The lowest BCUT2D eigenvalue weighted by Crippen LogP contribution is -2.27. The second kappa shape index (κ2) is 8.66. The van der Waals surface area contributed by atoms with Gasteiger partial charge < -0.3 is 9.15 Å². The topological polar surface area (TPSA) is 103 Å². The number of hydrogen-bond donors (Lipinski definition) is 0.